The van der Waals surface area contributed by atoms with E-state index in [4.69, 9.17) is 15.0 Å². The van der Waals surface area contributed by atoms with Crippen molar-refractivity contribution in [3.63, 3.8) is 0 Å². The molecule has 0 saturated heterocycles. The van der Waals surface area contributed by atoms with E-state index in [9.17, 15) is 0 Å². The van der Waals surface area contributed by atoms with Crippen molar-refractivity contribution in [2.45, 2.75) is 52.4 Å². The number of hydrogen-bond donors (Lipinski definition) is 0. The molecule has 26 heavy (non-hydrogen) atoms. The molecule has 0 aliphatic heterocycles. The molecular formula is C23H27N3. The summed E-state index contributed by atoms with van der Waals surface area (Å²) in [6, 6.07) is 18.6. The van der Waals surface area contributed by atoms with Crippen molar-refractivity contribution in [2.24, 2.45) is 0 Å². The predicted octanol–water partition coefficient (Wildman–Crippen LogP) is 5.80. The first-order valence-electron chi connectivity index (χ1n) is 9.07. The Hall–Kier alpha value is -2.55. The van der Waals surface area contributed by atoms with E-state index < -0.39 is 0 Å². The smallest absolute Gasteiger partial charge is 0.163 e. The molecule has 0 unspecified atom stereocenters. The largest absolute Gasteiger partial charge is 0.212 e. The van der Waals surface area contributed by atoms with Gasteiger partial charge in [-0.25, -0.2) is 15.0 Å². The average molecular weight is 345 g/mol. The van der Waals surface area contributed by atoms with Crippen LogP contribution >= 0.6 is 0 Å². The Kier molecular flexibility index (Phi) is 4.66. The molecule has 0 spiro atoms. The van der Waals surface area contributed by atoms with Crippen molar-refractivity contribution in [3.8, 4) is 22.8 Å². The van der Waals surface area contributed by atoms with Gasteiger partial charge >= 0.3 is 0 Å². The first kappa shape index (κ1) is 18.2. The van der Waals surface area contributed by atoms with Gasteiger partial charge in [-0.05, 0) is 11.0 Å². The SMILES string of the molecule is CC(C)(C)c1ccc(-c2nc(-c3ccccc3)nc(C(C)(C)C)n2)cc1. The van der Waals surface area contributed by atoms with Crippen LogP contribution in [-0.2, 0) is 10.8 Å². The topological polar surface area (TPSA) is 38.7 Å². The van der Waals surface area contributed by atoms with Gasteiger partial charge in [0, 0.05) is 16.5 Å². The van der Waals surface area contributed by atoms with Crippen molar-refractivity contribution >= 4 is 0 Å². The standard InChI is InChI=1S/C23H27N3/c1-22(2,3)18-14-12-17(13-15-18)20-24-19(16-10-8-7-9-11-16)25-21(26-20)23(4,5)6/h7-15H,1-6H3. The van der Waals surface area contributed by atoms with Gasteiger partial charge in [-0.3, -0.25) is 0 Å². The van der Waals surface area contributed by atoms with Crippen LogP contribution in [-0.4, -0.2) is 15.0 Å². The molecular weight excluding hydrogens is 318 g/mol. The molecule has 0 aliphatic rings. The lowest BCUT2D eigenvalue weighted by molar-refractivity contribution is 0.543. The van der Waals surface area contributed by atoms with Crippen LogP contribution in [0.4, 0.5) is 0 Å². The maximum atomic E-state index is 4.77. The van der Waals surface area contributed by atoms with Crippen LogP contribution in [0.5, 0.6) is 0 Å². The molecule has 0 bridgehead atoms. The number of nitrogens with zero attached hydrogens (tertiary/aromatic N) is 3. The fourth-order valence-corrected chi connectivity index (χ4v) is 2.68. The normalized spacial score (nSPS) is 12.2. The summed E-state index contributed by atoms with van der Waals surface area (Å²) in [4.78, 5) is 14.3. The zero-order valence-electron chi connectivity index (χ0n) is 16.5. The monoisotopic (exact) mass is 345 g/mol. The summed E-state index contributed by atoms with van der Waals surface area (Å²) in [6.07, 6.45) is 0. The highest BCUT2D eigenvalue weighted by Crippen LogP contribution is 2.28. The van der Waals surface area contributed by atoms with Gasteiger partial charge in [0.15, 0.2) is 11.6 Å². The van der Waals surface area contributed by atoms with Crippen LogP contribution in [0.1, 0.15) is 52.9 Å². The van der Waals surface area contributed by atoms with Gasteiger partial charge in [0.1, 0.15) is 5.82 Å². The van der Waals surface area contributed by atoms with E-state index in [2.05, 4.69) is 65.8 Å². The van der Waals surface area contributed by atoms with Crippen LogP contribution in [0.2, 0.25) is 0 Å². The van der Waals surface area contributed by atoms with Crippen LogP contribution < -0.4 is 0 Å². The molecule has 1 heterocycles. The maximum Gasteiger partial charge on any atom is 0.163 e. The Bertz CT molecular complexity index is 883. The van der Waals surface area contributed by atoms with Gasteiger partial charge in [0.05, 0.1) is 0 Å². The lowest BCUT2D eigenvalue weighted by atomic mass is 9.86. The highest BCUT2D eigenvalue weighted by Gasteiger charge is 2.21. The van der Waals surface area contributed by atoms with E-state index in [1.165, 1.54) is 5.56 Å². The van der Waals surface area contributed by atoms with Crippen LogP contribution in [0.25, 0.3) is 22.8 Å². The van der Waals surface area contributed by atoms with Gasteiger partial charge in [-0.15, -0.1) is 0 Å². The molecule has 0 radical (unpaired) electrons. The summed E-state index contributed by atoms with van der Waals surface area (Å²) in [5, 5.41) is 0. The second-order valence-corrected chi connectivity index (χ2v) is 8.75. The summed E-state index contributed by atoms with van der Waals surface area (Å²) in [5.74, 6) is 2.26. The van der Waals surface area contributed by atoms with Gasteiger partial charge in [-0.1, -0.05) is 96.1 Å². The highest BCUT2D eigenvalue weighted by atomic mass is 15.0. The van der Waals surface area contributed by atoms with Crippen molar-refractivity contribution < 1.29 is 0 Å². The molecule has 3 heteroatoms. The molecule has 0 saturated carbocycles. The Morgan fingerprint density at radius 3 is 1.50 bits per heavy atom. The highest BCUT2D eigenvalue weighted by molar-refractivity contribution is 5.61. The molecule has 3 nitrogen and oxygen atoms in total. The fraction of sp³-hybridized carbons (Fsp3) is 0.348. The van der Waals surface area contributed by atoms with Crippen LogP contribution in [0.3, 0.4) is 0 Å². The lowest BCUT2D eigenvalue weighted by Gasteiger charge is -2.20. The van der Waals surface area contributed by atoms with Gasteiger partial charge < -0.3 is 0 Å². The minimum atomic E-state index is -0.146. The first-order chi connectivity index (χ1) is 12.1. The van der Waals surface area contributed by atoms with E-state index in [0.29, 0.717) is 0 Å². The van der Waals surface area contributed by atoms with Crippen LogP contribution in [0.15, 0.2) is 54.6 Å². The lowest BCUT2D eigenvalue weighted by Crippen LogP contribution is -2.18. The number of benzene rings is 2. The molecule has 0 fully saturated rings. The van der Waals surface area contributed by atoms with Gasteiger partial charge in [0.25, 0.3) is 0 Å². The molecule has 134 valence electrons. The van der Waals surface area contributed by atoms with Crippen molar-refractivity contribution in [1.82, 2.24) is 15.0 Å². The average Bonchev–Trinajstić information content (AvgIpc) is 2.61. The molecule has 1 aromatic heterocycles. The maximum absolute atomic E-state index is 4.77. The van der Waals surface area contributed by atoms with Crippen molar-refractivity contribution in [3.05, 3.63) is 66.0 Å². The van der Waals surface area contributed by atoms with E-state index in [1.807, 2.05) is 30.3 Å². The van der Waals surface area contributed by atoms with Crippen molar-refractivity contribution in [1.29, 1.82) is 0 Å². The minimum Gasteiger partial charge on any atom is -0.212 e. The summed E-state index contributed by atoms with van der Waals surface area (Å²) < 4.78 is 0. The summed E-state index contributed by atoms with van der Waals surface area (Å²) in [5.41, 5.74) is 3.31. The van der Waals surface area contributed by atoms with E-state index in [1.54, 1.807) is 0 Å². The Balaban J connectivity index is 2.12. The Morgan fingerprint density at radius 2 is 1.04 bits per heavy atom. The molecule has 0 amide bonds. The minimum absolute atomic E-state index is 0.128. The second kappa shape index (κ2) is 6.64. The third-order valence-corrected chi connectivity index (χ3v) is 4.35. The molecule has 0 aliphatic carbocycles. The van der Waals surface area contributed by atoms with E-state index in [0.717, 1.165) is 28.6 Å². The second-order valence-electron chi connectivity index (χ2n) is 8.75. The first-order valence-corrected chi connectivity index (χ1v) is 9.07. The summed E-state index contributed by atoms with van der Waals surface area (Å²) >= 11 is 0. The molecule has 0 N–H and O–H groups in total. The summed E-state index contributed by atoms with van der Waals surface area (Å²) in [6.45, 7) is 13.0. The van der Waals surface area contributed by atoms with Gasteiger partial charge in [-0.2, -0.15) is 0 Å². The van der Waals surface area contributed by atoms with Gasteiger partial charge in [0.2, 0.25) is 0 Å². The Morgan fingerprint density at radius 1 is 0.538 bits per heavy atom. The third-order valence-electron chi connectivity index (χ3n) is 4.35. The third kappa shape index (κ3) is 3.98. The quantitative estimate of drug-likeness (QED) is 0.589. The van der Waals surface area contributed by atoms with Crippen LogP contribution in [0, 0.1) is 0 Å². The number of rotatable bonds is 2. The number of aromatic nitrogens is 3. The fourth-order valence-electron chi connectivity index (χ4n) is 2.68. The van der Waals surface area contributed by atoms with E-state index >= 15 is 0 Å². The molecule has 3 aromatic rings. The molecule has 2 aromatic carbocycles. The molecule has 0 atom stereocenters. The number of hydrogen-bond acceptors (Lipinski definition) is 3. The summed E-state index contributed by atoms with van der Waals surface area (Å²) in [7, 11) is 0. The van der Waals surface area contributed by atoms with E-state index in [-0.39, 0.29) is 10.8 Å². The Labute approximate surface area is 156 Å². The zero-order valence-corrected chi connectivity index (χ0v) is 16.5. The predicted molar refractivity (Wildman–Crippen MR) is 108 cm³/mol. The zero-order chi connectivity index (χ0) is 18.9. The molecule has 3 rings (SSSR count). The van der Waals surface area contributed by atoms with Crippen molar-refractivity contribution in [2.75, 3.05) is 0 Å².